The Labute approximate surface area is 183 Å². The Kier molecular flexibility index (Phi) is 6.79. The summed E-state index contributed by atoms with van der Waals surface area (Å²) in [5.74, 6) is 0.425. The molecular weight excluding hydrogens is 427 g/mol. The first-order valence-electron chi connectivity index (χ1n) is 9.72. The molecule has 0 aliphatic carbocycles. The van der Waals surface area contributed by atoms with E-state index in [9.17, 15) is 22.8 Å². The summed E-state index contributed by atoms with van der Waals surface area (Å²) in [5.41, 5.74) is 1.46. The molecule has 8 heteroatoms. The van der Waals surface area contributed by atoms with Gasteiger partial charge in [-0.1, -0.05) is 38.1 Å². The maximum Gasteiger partial charge on any atom is 0.416 e. The lowest BCUT2D eigenvalue weighted by atomic mass is 10.0. The van der Waals surface area contributed by atoms with E-state index in [1.54, 1.807) is 0 Å². The van der Waals surface area contributed by atoms with E-state index in [1.165, 1.54) is 18.2 Å². The lowest BCUT2D eigenvalue weighted by Crippen LogP contribution is -2.32. The summed E-state index contributed by atoms with van der Waals surface area (Å²) in [5, 5.41) is -0.472. The van der Waals surface area contributed by atoms with Crippen molar-refractivity contribution < 1.29 is 27.5 Å². The molecule has 0 saturated carbocycles. The van der Waals surface area contributed by atoms with Gasteiger partial charge in [-0.05, 0) is 65.6 Å². The molecule has 0 spiro atoms. The highest BCUT2D eigenvalue weighted by Gasteiger charge is 2.35. The summed E-state index contributed by atoms with van der Waals surface area (Å²) in [7, 11) is 0. The number of ether oxygens (including phenoxy) is 1. The Morgan fingerprint density at radius 3 is 2.55 bits per heavy atom. The molecule has 1 aliphatic heterocycles. The minimum atomic E-state index is -4.48. The average Bonchev–Trinajstić information content (AvgIpc) is 2.94. The number of hydrogen-bond donors (Lipinski definition) is 0. The summed E-state index contributed by atoms with van der Waals surface area (Å²) >= 11 is 0.708. The monoisotopic (exact) mass is 449 g/mol. The molecule has 0 bridgehead atoms. The molecule has 4 nitrogen and oxygen atoms in total. The quantitative estimate of drug-likeness (QED) is 0.489. The average molecular weight is 449 g/mol. The van der Waals surface area contributed by atoms with Gasteiger partial charge in [0.25, 0.3) is 11.1 Å². The molecule has 0 aromatic heterocycles. The van der Waals surface area contributed by atoms with Gasteiger partial charge in [0.15, 0.2) is 0 Å². The van der Waals surface area contributed by atoms with Gasteiger partial charge in [0.1, 0.15) is 12.4 Å². The van der Waals surface area contributed by atoms with E-state index in [1.807, 2.05) is 39.0 Å². The van der Waals surface area contributed by atoms with Crippen molar-refractivity contribution in [1.82, 2.24) is 4.90 Å². The normalized spacial score (nSPS) is 16.0. The number of alkyl halides is 3. The highest BCUT2D eigenvalue weighted by Crippen LogP contribution is 2.34. The Morgan fingerprint density at radius 1 is 1.13 bits per heavy atom. The van der Waals surface area contributed by atoms with Crippen LogP contribution in [0.15, 0.2) is 47.4 Å². The fourth-order valence-corrected chi connectivity index (χ4v) is 4.00. The summed E-state index contributed by atoms with van der Waals surface area (Å²) in [6.45, 7) is 6.22. The van der Waals surface area contributed by atoms with Gasteiger partial charge >= 0.3 is 6.18 Å². The number of amides is 2. The van der Waals surface area contributed by atoms with Crippen molar-refractivity contribution in [1.29, 1.82) is 0 Å². The molecule has 1 saturated heterocycles. The number of carbonyl (C=O) groups excluding carboxylic acids is 2. The summed E-state index contributed by atoms with van der Waals surface area (Å²) in [4.78, 5) is 26.0. The van der Waals surface area contributed by atoms with E-state index in [0.29, 0.717) is 17.5 Å². The van der Waals surface area contributed by atoms with Crippen LogP contribution in [0.2, 0.25) is 0 Å². The molecule has 1 fully saturated rings. The van der Waals surface area contributed by atoms with Crippen molar-refractivity contribution >= 4 is 29.0 Å². The lowest BCUT2D eigenvalue weighted by molar-refractivity contribution is -0.137. The van der Waals surface area contributed by atoms with Gasteiger partial charge in [0, 0.05) is 0 Å². The first-order chi connectivity index (χ1) is 14.6. The third kappa shape index (κ3) is 5.50. The zero-order valence-corrected chi connectivity index (χ0v) is 18.1. The summed E-state index contributed by atoms with van der Waals surface area (Å²) in [6.07, 6.45) is -3.18. The maximum absolute atomic E-state index is 12.9. The highest BCUT2D eigenvalue weighted by molar-refractivity contribution is 8.18. The lowest BCUT2D eigenvalue weighted by Gasteiger charge is -2.17. The van der Waals surface area contributed by atoms with Gasteiger partial charge < -0.3 is 4.74 Å². The Balaban J connectivity index is 1.69. The fraction of sp³-hybridized carbons (Fsp3) is 0.304. The zero-order chi connectivity index (χ0) is 22.8. The Bertz CT molecular complexity index is 1030. The van der Waals surface area contributed by atoms with Gasteiger partial charge in [0.2, 0.25) is 0 Å². The number of imide groups is 1. The predicted molar refractivity (Wildman–Crippen MR) is 115 cm³/mol. The van der Waals surface area contributed by atoms with Crippen molar-refractivity contribution in [2.24, 2.45) is 0 Å². The molecule has 1 aliphatic rings. The number of thioether (sulfide) groups is 1. The van der Waals surface area contributed by atoms with E-state index in [-0.39, 0.29) is 29.5 Å². The first kappa shape index (κ1) is 22.9. The van der Waals surface area contributed by atoms with Crippen molar-refractivity contribution in [3.05, 3.63) is 69.6 Å². The molecule has 164 valence electrons. The Morgan fingerprint density at radius 2 is 1.87 bits per heavy atom. The summed E-state index contributed by atoms with van der Waals surface area (Å²) < 4.78 is 44.5. The van der Waals surface area contributed by atoms with Gasteiger partial charge in [-0.15, -0.1) is 0 Å². The standard InChI is InChI=1S/C23H22F3NO3S/c1-14(2)18-8-7-15(3)11-19(18)30-10-9-27-21(28)20(31-22(27)29)13-16-5-4-6-17(12-16)23(24,25)26/h4-8,11-14H,9-10H2,1-3H3/b20-13-. The third-order valence-electron chi connectivity index (χ3n) is 4.75. The fourth-order valence-electron chi connectivity index (χ4n) is 3.14. The van der Waals surface area contributed by atoms with E-state index >= 15 is 0 Å². The van der Waals surface area contributed by atoms with E-state index in [0.717, 1.165) is 28.2 Å². The van der Waals surface area contributed by atoms with Crippen LogP contribution >= 0.6 is 11.8 Å². The Hall–Kier alpha value is -2.74. The molecule has 2 aromatic carbocycles. The molecule has 2 aromatic rings. The second kappa shape index (κ2) is 9.18. The van der Waals surface area contributed by atoms with Crippen LogP contribution in [0.4, 0.5) is 18.0 Å². The van der Waals surface area contributed by atoms with Crippen LogP contribution in [0.25, 0.3) is 6.08 Å². The highest BCUT2D eigenvalue weighted by atomic mass is 32.2. The van der Waals surface area contributed by atoms with Gasteiger partial charge in [0.05, 0.1) is 17.0 Å². The number of hydrogen-bond acceptors (Lipinski definition) is 4. The molecule has 3 rings (SSSR count). The topological polar surface area (TPSA) is 46.6 Å². The first-order valence-corrected chi connectivity index (χ1v) is 10.5. The molecule has 2 amide bonds. The summed E-state index contributed by atoms with van der Waals surface area (Å²) in [6, 6.07) is 10.5. The number of carbonyl (C=O) groups is 2. The number of halogens is 3. The van der Waals surface area contributed by atoms with Crippen LogP contribution in [0.5, 0.6) is 5.75 Å². The molecule has 0 radical (unpaired) electrons. The molecule has 0 unspecified atom stereocenters. The van der Waals surface area contributed by atoms with E-state index in [4.69, 9.17) is 4.74 Å². The zero-order valence-electron chi connectivity index (χ0n) is 17.3. The maximum atomic E-state index is 12.9. The van der Waals surface area contributed by atoms with Crippen molar-refractivity contribution in [2.45, 2.75) is 32.9 Å². The van der Waals surface area contributed by atoms with E-state index in [2.05, 4.69) is 0 Å². The van der Waals surface area contributed by atoms with Gasteiger partial charge in [-0.3, -0.25) is 14.5 Å². The molecule has 0 atom stereocenters. The number of nitrogens with zero attached hydrogens (tertiary/aromatic N) is 1. The van der Waals surface area contributed by atoms with Gasteiger partial charge in [-0.25, -0.2) is 0 Å². The molecule has 1 heterocycles. The van der Waals surface area contributed by atoms with Crippen molar-refractivity contribution in [2.75, 3.05) is 13.2 Å². The van der Waals surface area contributed by atoms with Crippen LogP contribution in [0.1, 0.15) is 42.0 Å². The SMILES string of the molecule is Cc1ccc(C(C)C)c(OCCN2C(=O)S/C(=C\c3cccc(C(F)(F)F)c3)C2=O)c1. The number of rotatable bonds is 6. The second-order valence-corrected chi connectivity index (χ2v) is 8.49. The smallest absolute Gasteiger partial charge is 0.416 e. The van der Waals surface area contributed by atoms with Crippen LogP contribution in [0.3, 0.4) is 0 Å². The second-order valence-electron chi connectivity index (χ2n) is 7.50. The van der Waals surface area contributed by atoms with Crippen LogP contribution in [-0.4, -0.2) is 29.2 Å². The van der Waals surface area contributed by atoms with Crippen molar-refractivity contribution in [3.63, 3.8) is 0 Å². The van der Waals surface area contributed by atoms with Crippen LogP contribution in [-0.2, 0) is 11.0 Å². The third-order valence-corrected chi connectivity index (χ3v) is 5.66. The predicted octanol–water partition coefficient (Wildman–Crippen LogP) is 6.25. The van der Waals surface area contributed by atoms with Gasteiger partial charge in [-0.2, -0.15) is 13.2 Å². The minimum absolute atomic E-state index is 0.0517. The van der Waals surface area contributed by atoms with Crippen LogP contribution in [0, 0.1) is 6.92 Å². The van der Waals surface area contributed by atoms with Crippen molar-refractivity contribution in [3.8, 4) is 5.75 Å². The number of aryl methyl sites for hydroxylation is 1. The van der Waals surface area contributed by atoms with Crippen LogP contribution < -0.4 is 4.74 Å². The number of benzene rings is 2. The minimum Gasteiger partial charge on any atom is -0.491 e. The van der Waals surface area contributed by atoms with E-state index < -0.39 is 22.9 Å². The molecular formula is C23H22F3NO3S. The largest absolute Gasteiger partial charge is 0.491 e. The molecule has 31 heavy (non-hydrogen) atoms. The molecule has 0 N–H and O–H groups in total.